The first-order valence-electron chi connectivity index (χ1n) is 5.58. The molecular formula is C12H11N3O4S. The molecule has 0 fully saturated rings. The summed E-state index contributed by atoms with van der Waals surface area (Å²) in [6, 6.07) is 4.00. The Morgan fingerprint density at radius 2 is 2.10 bits per heavy atom. The number of carbonyl (C=O) groups excluding carboxylic acids is 1. The smallest absolute Gasteiger partial charge is 0.338 e. The van der Waals surface area contributed by atoms with E-state index >= 15 is 0 Å². The van der Waals surface area contributed by atoms with Gasteiger partial charge >= 0.3 is 5.97 Å². The van der Waals surface area contributed by atoms with Crippen molar-refractivity contribution >= 4 is 28.2 Å². The summed E-state index contributed by atoms with van der Waals surface area (Å²) in [5.74, 6) is -1.68. The Labute approximate surface area is 117 Å². The second kappa shape index (κ2) is 5.25. The molecule has 0 saturated carbocycles. The lowest BCUT2D eigenvalue weighted by Gasteiger charge is -2.04. The zero-order chi connectivity index (χ0) is 14.9. The van der Waals surface area contributed by atoms with Crippen LogP contribution in [0.3, 0.4) is 0 Å². The molecule has 20 heavy (non-hydrogen) atoms. The Kier molecular flexibility index (Phi) is 3.66. The molecule has 0 radical (unpaired) electrons. The van der Waals surface area contributed by atoms with Gasteiger partial charge in [-0.2, -0.15) is 5.10 Å². The Bertz CT molecular complexity index is 747. The van der Waals surface area contributed by atoms with E-state index in [2.05, 4.69) is 10.4 Å². The minimum Gasteiger partial charge on any atom is -0.478 e. The van der Waals surface area contributed by atoms with Gasteiger partial charge in [-0.1, -0.05) is 0 Å². The number of carbonyl (C=O) groups is 2. The predicted octanol–water partition coefficient (Wildman–Crippen LogP) is 1.10. The molecule has 2 heterocycles. The molecule has 0 aliphatic carbocycles. The number of rotatable bonds is 3. The van der Waals surface area contributed by atoms with Gasteiger partial charge in [0, 0.05) is 18.0 Å². The number of thiophene rings is 1. The third-order valence-electron chi connectivity index (χ3n) is 2.51. The van der Waals surface area contributed by atoms with Gasteiger partial charge in [0.2, 0.25) is 0 Å². The van der Waals surface area contributed by atoms with Gasteiger partial charge in [-0.15, -0.1) is 11.3 Å². The molecule has 0 saturated heterocycles. The fourth-order valence-corrected chi connectivity index (χ4v) is 2.46. The van der Waals surface area contributed by atoms with E-state index in [1.54, 1.807) is 6.92 Å². The predicted molar refractivity (Wildman–Crippen MR) is 73.4 cm³/mol. The Hall–Kier alpha value is -2.48. The van der Waals surface area contributed by atoms with E-state index < -0.39 is 11.9 Å². The van der Waals surface area contributed by atoms with E-state index in [4.69, 9.17) is 5.11 Å². The van der Waals surface area contributed by atoms with Gasteiger partial charge in [0.15, 0.2) is 0 Å². The number of carboxylic acid groups (broad SMARTS) is 1. The number of hydrogen-bond donors (Lipinski definition) is 2. The summed E-state index contributed by atoms with van der Waals surface area (Å²) in [6.45, 7) is 1.75. The van der Waals surface area contributed by atoms with Gasteiger partial charge in [-0.25, -0.2) is 9.48 Å². The highest BCUT2D eigenvalue weighted by Crippen LogP contribution is 2.27. The summed E-state index contributed by atoms with van der Waals surface area (Å²) in [5, 5.41) is 15.6. The maximum atomic E-state index is 12.0. The van der Waals surface area contributed by atoms with Gasteiger partial charge in [0.25, 0.3) is 11.5 Å². The molecule has 0 bridgehead atoms. The van der Waals surface area contributed by atoms with E-state index in [9.17, 15) is 14.4 Å². The highest BCUT2D eigenvalue weighted by Gasteiger charge is 2.17. The van der Waals surface area contributed by atoms with Gasteiger partial charge in [-0.05, 0) is 19.1 Å². The van der Waals surface area contributed by atoms with Crippen LogP contribution in [0.25, 0.3) is 0 Å². The fourth-order valence-electron chi connectivity index (χ4n) is 1.56. The number of carboxylic acids is 1. The second-order valence-electron chi connectivity index (χ2n) is 4.04. The fraction of sp³-hybridized carbons (Fsp3) is 0.167. The monoisotopic (exact) mass is 293 g/mol. The highest BCUT2D eigenvalue weighted by atomic mass is 32.1. The van der Waals surface area contributed by atoms with Crippen molar-refractivity contribution in [1.82, 2.24) is 9.78 Å². The number of amides is 1. The van der Waals surface area contributed by atoms with Crippen molar-refractivity contribution < 1.29 is 14.7 Å². The lowest BCUT2D eigenvalue weighted by molar-refractivity contribution is 0.0698. The molecule has 1 amide bonds. The van der Waals surface area contributed by atoms with Gasteiger partial charge in [0.1, 0.15) is 10.7 Å². The summed E-state index contributed by atoms with van der Waals surface area (Å²) in [4.78, 5) is 35.0. The normalized spacial score (nSPS) is 10.3. The summed E-state index contributed by atoms with van der Waals surface area (Å²) < 4.78 is 1.03. The minimum absolute atomic E-state index is 0.0330. The SMILES string of the molecule is Cc1cc(C(=O)O)c(NC(=O)c2ccc(=O)n(C)n2)s1. The first-order chi connectivity index (χ1) is 9.38. The standard InChI is InChI=1S/C12H11N3O4S/c1-6-5-7(12(18)19)11(20-6)13-10(17)8-3-4-9(16)15(2)14-8/h3-5H,1-2H3,(H,13,17)(H,18,19). The van der Waals surface area contributed by atoms with Crippen LogP contribution in [-0.2, 0) is 7.05 Å². The number of nitrogens with one attached hydrogen (secondary N) is 1. The van der Waals surface area contributed by atoms with Crippen molar-refractivity contribution in [2.45, 2.75) is 6.92 Å². The van der Waals surface area contributed by atoms with Crippen molar-refractivity contribution in [3.05, 3.63) is 44.7 Å². The van der Waals surface area contributed by atoms with Crippen LogP contribution in [0.5, 0.6) is 0 Å². The van der Waals surface area contributed by atoms with Crippen LogP contribution in [0.1, 0.15) is 25.7 Å². The third kappa shape index (κ3) is 2.75. The summed E-state index contributed by atoms with van der Waals surface area (Å²) in [7, 11) is 1.43. The molecule has 2 rings (SSSR count). The maximum Gasteiger partial charge on any atom is 0.338 e. The molecule has 104 valence electrons. The Morgan fingerprint density at radius 3 is 2.70 bits per heavy atom. The first-order valence-corrected chi connectivity index (χ1v) is 6.39. The molecule has 7 nitrogen and oxygen atoms in total. The molecule has 0 aliphatic heterocycles. The zero-order valence-corrected chi connectivity index (χ0v) is 11.5. The van der Waals surface area contributed by atoms with Crippen LogP contribution in [0, 0.1) is 6.92 Å². The van der Waals surface area contributed by atoms with E-state index in [-0.39, 0.29) is 21.8 Å². The van der Waals surface area contributed by atoms with Crippen molar-refractivity contribution in [3.8, 4) is 0 Å². The first kappa shape index (κ1) is 13.9. The summed E-state index contributed by atoms with van der Waals surface area (Å²) in [5.41, 5.74) is -0.264. The molecule has 2 aromatic rings. The molecule has 0 unspecified atom stereocenters. The maximum absolute atomic E-state index is 12.0. The molecule has 0 atom stereocenters. The number of hydrogen-bond acceptors (Lipinski definition) is 5. The van der Waals surface area contributed by atoms with Crippen LogP contribution < -0.4 is 10.9 Å². The van der Waals surface area contributed by atoms with Gasteiger partial charge < -0.3 is 10.4 Å². The minimum atomic E-state index is -1.11. The van der Waals surface area contributed by atoms with Gasteiger partial charge in [-0.3, -0.25) is 9.59 Å². The number of anilines is 1. The average Bonchev–Trinajstić information content (AvgIpc) is 2.73. The molecule has 2 aromatic heterocycles. The zero-order valence-electron chi connectivity index (χ0n) is 10.7. The molecule has 0 aliphatic rings. The largest absolute Gasteiger partial charge is 0.478 e. The quantitative estimate of drug-likeness (QED) is 0.882. The summed E-state index contributed by atoms with van der Waals surface area (Å²) in [6.07, 6.45) is 0. The molecular weight excluding hydrogens is 282 g/mol. The van der Waals surface area contributed by atoms with Crippen molar-refractivity contribution in [3.63, 3.8) is 0 Å². The van der Waals surface area contributed by atoms with Crippen LogP contribution in [0.4, 0.5) is 5.00 Å². The van der Waals surface area contributed by atoms with Gasteiger partial charge in [0.05, 0.1) is 5.56 Å². The van der Waals surface area contributed by atoms with E-state index in [1.165, 1.54) is 25.2 Å². The Morgan fingerprint density at radius 1 is 1.40 bits per heavy atom. The van der Waals surface area contributed by atoms with E-state index in [1.807, 2.05) is 0 Å². The van der Waals surface area contributed by atoms with Crippen LogP contribution in [0.2, 0.25) is 0 Å². The second-order valence-corrected chi connectivity index (χ2v) is 5.30. The summed E-state index contributed by atoms with van der Waals surface area (Å²) >= 11 is 1.16. The molecule has 8 heteroatoms. The Balaban J connectivity index is 2.30. The molecule has 2 N–H and O–H groups in total. The van der Waals surface area contributed by atoms with Crippen LogP contribution in [0.15, 0.2) is 23.0 Å². The van der Waals surface area contributed by atoms with E-state index in [0.717, 1.165) is 20.9 Å². The number of aromatic carboxylic acids is 1. The third-order valence-corrected chi connectivity index (χ3v) is 3.47. The number of nitrogens with zero attached hydrogens (tertiary/aromatic N) is 2. The van der Waals surface area contributed by atoms with Crippen molar-refractivity contribution in [2.75, 3.05) is 5.32 Å². The topological polar surface area (TPSA) is 101 Å². The lowest BCUT2D eigenvalue weighted by Crippen LogP contribution is -2.23. The molecule has 0 spiro atoms. The lowest BCUT2D eigenvalue weighted by atomic mass is 10.3. The highest BCUT2D eigenvalue weighted by molar-refractivity contribution is 7.16. The van der Waals surface area contributed by atoms with Crippen LogP contribution in [-0.4, -0.2) is 26.8 Å². The van der Waals surface area contributed by atoms with Crippen LogP contribution >= 0.6 is 11.3 Å². The van der Waals surface area contributed by atoms with Crippen molar-refractivity contribution in [2.24, 2.45) is 7.05 Å². The number of aryl methyl sites for hydroxylation is 2. The van der Waals surface area contributed by atoms with Crippen molar-refractivity contribution in [1.29, 1.82) is 0 Å². The average molecular weight is 293 g/mol. The van der Waals surface area contributed by atoms with E-state index in [0.29, 0.717) is 0 Å². The molecule has 0 aromatic carbocycles. The number of aromatic nitrogens is 2.